The molecule has 0 spiro atoms. The number of imidazole rings is 1. The molecule has 0 aliphatic heterocycles. The number of hydrogen-bond acceptors (Lipinski definition) is 7. The Morgan fingerprint density at radius 2 is 2.41 bits per heavy atom. The molecule has 17 heavy (non-hydrogen) atoms. The smallest absolute Gasteiger partial charge is 0.364 e. The molecule has 0 saturated carbocycles. The standard InChI is InChI=1S/C8H10N6O3/c1-13-5-11-8(14(15)16)7(13)9-3-2-6-10-4-12-17-6/h4-5,9H,2-3H2,1H3. The Kier molecular flexibility index (Phi) is 2.99. The highest BCUT2D eigenvalue weighted by Crippen LogP contribution is 2.20. The molecule has 0 saturated heterocycles. The minimum absolute atomic E-state index is 0.196. The van der Waals surface area contributed by atoms with E-state index >= 15 is 0 Å². The van der Waals surface area contributed by atoms with Gasteiger partial charge in [-0.25, -0.2) is 0 Å². The summed E-state index contributed by atoms with van der Waals surface area (Å²) in [6, 6.07) is 0. The molecule has 0 aliphatic carbocycles. The summed E-state index contributed by atoms with van der Waals surface area (Å²) in [4.78, 5) is 17.7. The summed E-state index contributed by atoms with van der Waals surface area (Å²) in [7, 11) is 1.68. The van der Waals surface area contributed by atoms with E-state index in [1.165, 1.54) is 12.7 Å². The Bertz CT molecular complexity index is 505. The highest BCUT2D eigenvalue weighted by molar-refractivity contribution is 5.51. The number of hydrogen-bond donors (Lipinski definition) is 1. The van der Waals surface area contributed by atoms with Crippen LogP contribution in [0.3, 0.4) is 0 Å². The molecule has 2 aromatic rings. The van der Waals surface area contributed by atoms with Gasteiger partial charge in [0.1, 0.15) is 0 Å². The molecule has 0 unspecified atom stereocenters. The van der Waals surface area contributed by atoms with Gasteiger partial charge in [0.25, 0.3) is 0 Å². The number of aryl methyl sites for hydroxylation is 1. The van der Waals surface area contributed by atoms with Crippen LogP contribution in [0.25, 0.3) is 0 Å². The van der Waals surface area contributed by atoms with Crippen LogP contribution < -0.4 is 5.32 Å². The third-order valence-corrected chi connectivity index (χ3v) is 2.13. The summed E-state index contributed by atoms with van der Waals surface area (Å²) in [6.45, 7) is 0.447. The molecule has 2 heterocycles. The van der Waals surface area contributed by atoms with Gasteiger partial charge < -0.3 is 20.0 Å². The number of nitrogens with zero attached hydrogens (tertiary/aromatic N) is 5. The van der Waals surface area contributed by atoms with Crippen LogP contribution >= 0.6 is 0 Å². The van der Waals surface area contributed by atoms with Crippen LogP contribution in [0.1, 0.15) is 5.89 Å². The lowest BCUT2D eigenvalue weighted by molar-refractivity contribution is -0.388. The van der Waals surface area contributed by atoms with Crippen molar-refractivity contribution >= 4 is 11.6 Å². The zero-order chi connectivity index (χ0) is 12.3. The lowest BCUT2D eigenvalue weighted by Gasteiger charge is -2.03. The van der Waals surface area contributed by atoms with E-state index in [2.05, 4.69) is 20.4 Å². The zero-order valence-corrected chi connectivity index (χ0v) is 9.03. The van der Waals surface area contributed by atoms with Crippen LogP contribution in [-0.2, 0) is 13.5 Å². The molecule has 9 heteroatoms. The van der Waals surface area contributed by atoms with Gasteiger partial charge in [-0.1, -0.05) is 5.16 Å². The summed E-state index contributed by atoms with van der Waals surface area (Å²) in [6.07, 6.45) is 3.18. The van der Waals surface area contributed by atoms with Gasteiger partial charge in [0.05, 0.1) is 0 Å². The van der Waals surface area contributed by atoms with Crippen molar-refractivity contribution in [2.24, 2.45) is 7.05 Å². The Morgan fingerprint density at radius 1 is 1.59 bits per heavy atom. The lowest BCUT2D eigenvalue weighted by atomic mass is 10.4. The third kappa shape index (κ3) is 2.38. The van der Waals surface area contributed by atoms with E-state index in [1.807, 2.05) is 0 Å². The van der Waals surface area contributed by atoms with Crippen LogP contribution in [0.4, 0.5) is 11.6 Å². The molecule has 0 atom stereocenters. The molecular weight excluding hydrogens is 228 g/mol. The second kappa shape index (κ2) is 4.60. The first-order chi connectivity index (χ1) is 8.18. The maximum atomic E-state index is 10.7. The summed E-state index contributed by atoms with van der Waals surface area (Å²) < 4.78 is 6.35. The van der Waals surface area contributed by atoms with Gasteiger partial charge in [0.15, 0.2) is 6.33 Å². The third-order valence-electron chi connectivity index (χ3n) is 2.13. The van der Waals surface area contributed by atoms with Crippen molar-refractivity contribution in [3.63, 3.8) is 0 Å². The van der Waals surface area contributed by atoms with Gasteiger partial charge >= 0.3 is 5.82 Å². The number of nitrogens with one attached hydrogen (secondary N) is 1. The fourth-order valence-corrected chi connectivity index (χ4v) is 1.35. The summed E-state index contributed by atoms with van der Waals surface area (Å²) >= 11 is 0. The fraction of sp³-hybridized carbons (Fsp3) is 0.375. The topological polar surface area (TPSA) is 112 Å². The Labute approximate surface area is 95.6 Å². The molecule has 2 aromatic heterocycles. The van der Waals surface area contributed by atoms with Crippen molar-refractivity contribution in [1.29, 1.82) is 0 Å². The second-order valence-electron chi connectivity index (χ2n) is 3.30. The Balaban J connectivity index is 1.99. The number of rotatable bonds is 5. The maximum Gasteiger partial charge on any atom is 0.406 e. The minimum Gasteiger partial charge on any atom is -0.364 e. The highest BCUT2D eigenvalue weighted by Gasteiger charge is 2.19. The molecule has 90 valence electrons. The first-order valence-corrected chi connectivity index (χ1v) is 4.83. The van der Waals surface area contributed by atoms with Gasteiger partial charge in [-0.05, 0) is 9.91 Å². The summed E-state index contributed by atoms with van der Waals surface area (Å²) in [5, 5.41) is 17.0. The molecule has 2 rings (SSSR count). The summed E-state index contributed by atoms with van der Waals surface area (Å²) in [5.74, 6) is 0.634. The van der Waals surface area contributed by atoms with E-state index in [9.17, 15) is 10.1 Å². The lowest BCUT2D eigenvalue weighted by Crippen LogP contribution is -2.09. The van der Waals surface area contributed by atoms with Crippen LogP contribution in [-0.4, -0.2) is 31.2 Å². The average Bonchev–Trinajstić information content (AvgIpc) is 2.89. The van der Waals surface area contributed by atoms with Crippen molar-refractivity contribution in [2.45, 2.75) is 6.42 Å². The van der Waals surface area contributed by atoms with Gasteiger partial charge in [-0.2, -0.15) is 4.98 Å². The molecular formula is C8H10N6O3. The predicted octanol–water partition coefficient (Wildman–Crippen LogP) is 0.366. The van der Waals surface area contributed by atoms with Crippen molar-refractivity contribution in [2.75, 3.05) is 11.9 Å². The van der Waals surface area contributed by atoms with E-state index in [0.29, 0.717) is 24.7 Å². The van der Waals surface area contributed by atoms with Crippen LogP contribution in [0.15, 0.2) is 17.2 Å². The van der Waals surface area contributed by atoms with Gasteiger partial charge in [-0.15, -0.1) is 0 Å². The van der Waals surface area contributed by atoms with Gasteiger partial charge in [0, 0.05) is 20.0 Å². The molecule has 0 radical (unpaired) electrons. The van der Waals surface area contributed by atoms with E-state index in [-0.39, 0.29) is 5.82 Å². The van der Waals surface area contributed by atoms with Crippen molar-refractivity contribution in [3.8, 4) is 0 Å². The van der Waals surface area contributed by atoms with Crippen molar-refractivity contribution in [1.82, 2.24) is 19.7 Å². The quantitative estimate of drug-likeness (QED) is 0.591. The van der Waals surface area contributed by atoms with E-state index in [0.717, 1.165) is 0 Å². The summed E-state index contributed by atoms with van der Waals surface area (Å²) in [5.41, 5.74) is 0. The van der Waals surface area contributed by atoms with Crippen molar-refractivity contribution in [3.05, 3.63) is 28.7 Å². The number of aromatic nitrogens is 4. The molecule has 0 bridgehead atoms. The Morgan fingerprint density at radius 3 is 3.06 bits per heavy atom. The second-order valence-corrected chi connectivity index (χ2v) is 3.30. The highest BCUT2D eigenvalue weighted by atomic mass is 16.6. The van der Waals surface area contributed by atoms with E-state index in [4.69, 9.17) is 4.52 Å². The molecule has 0 fully saturated rings. The number of nitro groups is 1. The molecule has 1 N–H and O–H groups in total. The predicted molar refractivity (Wildman–Crippen MR) is 56.4 cm³/mol. The minimum atomic E-state index is -0.533. The molecule has 0 aromatic carbocycles. The van der Waals surface area contributed by atoms with Gasteiger partial charge in [-0.3, -0.25) is 4.57 Å². The fourth-order valence-electron chi connectivity index (χ4n) is 1.35. The van der Waals surface area contributed by atoms with E-state index in [1.54, 1.807) is 11.6 Å². The first-order valence-electron chi connectivity index (χ1n) is 4.83. The SMILES string of the molecule is Cn1cnc([N+](=O)[O-])c1NCCc1ncno1. The van der Waals surface area contributed by atoms with Crippen molar-refractivity contribution < 1.29 is 9.45 Å². The average molecular weight is 238 g/mol. The monoisotopic (exact) mass is 238 g/mol. The van der Waals surface area contributed by atoms with Gasteiger partial charge in [0.2, 0.25) is 18.0 Å². The molecule has 9 nitrogen and oxygen atoms in total. The van der Waals surface area contributed by atoms with Crippen LogP contribution in [0.2, 0.25) is 0 Å². The Hall–Kier alpha value is -2.45. The van der Waals surface area contributed by atoms with E-state index < -0.39 is 4.92 Å². The molecule has 0 amide bonds. The normalized spacial score (nSPS) is 10.4. The number of anilines is 1. The van der Waals surface area contributed by atoms with Crippen LogP contribution in [0.5, 0.6) is 0 Å². The zero-order valence-electron chi connectivity index (χ0n) is 9.03. The van der Waals surface area contributed by atoms with Crippen LogP contribution in [0, 0.1) is 10.1 Å². The molecule has 0 aliphatic rings. The largest absolute Gasteiger partial charge is 0.406 e. The first kappa shape index (κ1) is 11.0. The maximum absolute atomic E-state index is 10.7.